The Morgan fingerprint density at radius 2 is 2.26 bits per heavy atom. The molecule has 1 unspecified atom stereocenters. The van der Waals surface area contributed by atoms with Crippen LogP contribution in [0.5, 0.6) is 0 Å². The first kappa shape index (κ1) is 12.5. The number of piperidine rings is 1. The molecule has 2 aliphatic rings. The molecule has 1 aromatic rings. The number of nitrogens with one attached hydrogen (secondary N) is 2. The van der Waals surface area contributed by atoms with E-state index < -0.39 is 0 Å². The SMILES string of the molecule is O=C(NC1COC2(CCNCC2)C1)c1cnccn1. The average molecular weight is 262 g/mol. The van der Waals surface area contributed by atoms with E-state index in [9.17, 15) is 4.79 Å². The van der Waals surface area contributed by atoms with Gasteiger partial charge in [0.2, 0.25) is 0 Å². The maximum Gasteiger partial charge on any atom is 0.271 e. The summed E-state index contributed by atoms with van der Waals surface area (Å²) < 4.78 is 5.94. The third kappa shape index (κ3) is 2.74. The molecule has 0 bridgehead atoms. The lowest BCUT2D eigenvalue weighted by Gasteiger charge is -2.32. The molecule has 0 saturated carbocycles. The molecule has 0 aliphatic carbocycles. The molecule has 102 valence electrons. The van der Waals surface area contributed by atoms with Crippen LogP contribution in [0.15, 0.2) is 18.6 Å². The summed E-state index contributed by atoms with van der Waals surface area (Å²) in [5.74, 6) is -0.173. The summed E-state index contributed by atoms with van der Waals surface area (Å²) in [6, 6.07) is 0.0765. The fourth-order valence-corrected chi connectivity index (χ4v) is 2.84. The molecule has 1 atom stereocenters. The van der Waals surface area contributed by atoms with Crippen LogP contribution < -0.4 is 10.6 Å². The third-order valence-corrected chi connectivity index (χ3v) is 3.85. The number of hydrogen-bond donors (Lipinski definition) is 2. The highest BCUT2D eigenvalue weighted by Gasteiger charge is 2.41. The van der Waals surface area contributed by atoms with Crippen molar-refractivity contribution in [3.8, 4) is 0 Å². The Morgan fingerprint density at radius 3 is 3.00 bits per heavy atom. The van der Waals surface area contributed by atoms with Crippen molar-refractivity contribution in [2.24, 2.45) is 0 Å². The fourth-order valence-electron chi connectivity index (χ4n) is 2.84. The summed E-state index contributed by atoms with van der Waals surface area (Å²) in [6.45, 7) is 2.57. The Balaban J connectivity index is 1.58. The minimum Gasteiger partial charge on any atom is -0.373 e. The second-order valence-corrected chi connectivity index (χ2v) is 5.21. The Labute approximate surface area is 112 Å². The fraction of sp³-hybridized carbons (Fsp3) is 0.615. The quantitative estimate of drug-likeness (QED) is 0.791. The standard InChI is InChI=1S/C13H18N4O2/c18-12(11-8-15-5-6-16-11)17-10-7-13(19-9-10)1-3-14-4-2-13/h5-6,8,10,14H,1-4,7,9H2,(H,17,18). The number of carbonyl (C=O) groups excluding carboxylic acids is 1. The van der Waals surface area contributed by atoms with Gasteiger partial charge in [-0.25, -0.2) is 4.98 Å². The molecular formula is C13H18N4O2. The second kappa shape index (κ2) is 5.22. The Morgan fingerprint density at radius 1 is 1.42 bits per heavy atom. The van der Waals surface area contributed by atoms with Crippen LogP contribution in [0.3, 0.4) is 0 Å². The highest BCUT2D eigenvalue weighted by atomic mass is 16.5. The molecule has 1 aromatic heterocycles. The molecule has 2 N–H and O–H groups in total. The Bertz CT molecular complexity index is 445. The number of ether oxygens (including phenoxy) is 1. The van der Waals surface area contributed by atoms with E-state index in [0.29, 0.717) is 12.3 Å². The normalized spacial score (nSPS) is 25.4. The van der Waals surface area contributed by atoms with E-state index in [2.05, 4.69) is 20.6 Å². The van der Waals surface area contributed by atoms with Gasteiger partial charge in [0.05, 0.1) is 24.4 Å². The molecule has 2 fully saturated rings. The van der Waals surface area contributed by atoms with Crippen LogP contribution >= 0.6 is 0 Å². The molecule has 1 amide bonds. The van der Waals surface area contributed by atoms with E-state index in [0.717, 1.165) is 32.4 Å². The topological polar surface area (TPSA) is 76.1 Å². The molecule has 0 aromatic carbocycles. The summed E-state index contributed by atoms with van der Waals surface area (Å²) in [5, 5.41) is 6.31. The zero-order valence-corrected chi connectivity index (χ0v) is 10.8. The van der Waals surface area contributed by atoms with Crippen LogP contribution in [0.4, 0.5) is 0 Å². The molecule has 3 heterocycles. The summed E-state index contributed by atoms with van der Waals surface area (Å²) in [6.07, 6.45) is 7.48. The first-order valence-electron chi connectivity index (χ1n) is 6.69. The van der Waals surface area contributed by atoms with Crippen molar-refractivity contribution < 1.29 is 9.53 Å². The minimum absolute atomic E-state index is 0.0361. The van der Waals surface area contributed by atoms with Gasteiger partial charge in [0, 0.05) is 12.4 Å². The van der Waals surface area contributed by atoms with Crippen molar-refractivity contribution in [2.45, 2.75) is 30.9 Å². The van der Waals surface area contributed by atoms with Crippen molar-refractivity contribution >= 4 is 5.91 Å². The van der Waals surface area contributed by atoms with E-state index >= 15 is 0 Å². The van der Waals surface area contributed by atoms with Crippen LogP contribution in [0.2, 0.25) is 0 Å². The van der Waals surface area contributed by atoms with Gasteiger partial charge in [-0.2, -0.15) is 0 Å². The Hall–Kier alpha value is -1.53. The number of carbonyl (C=O) groups is 1. The molecule has 6 nitrogen and oxygen atoms in total. The lowest BCUT2D eigenvalue weighted by Crippen LogP contribution is -2.43. The van der Waals surface area contributed by atoms with E-state index in [-0.39, 0.29) is 17.6 Å². The van der Waals surface area contributed by atoms with Crippen LogP contribution in [0, 0.1) is 0 Å². The van der Waals surface area contributed by atoms with Gasteiger partial charge in [0.1, 0.15) is 5.69 Å². The molecule has 1 spiro atoms. The van der Waals surface area contributed by atoms with Gasteiger partial charge in [-0.15, -0.1) is 0 Å². The zero-order chi connectivity index (χ0) is 13.1. The Kier molecular flexibility index (Phi) is 3.44. The summed E-state index contributed by atoms with van der Waals surface area (Å²) in [5.41, 5.74) is 0.319. The predicted molar refractivity (Wildman–Crippen MR) is 68.7 cm³/mol. The molecule has 2 aliphatic heterocycles. The number of hydrogen-bond acceptors (Lipinski definition) is 5. The van der Waals surface area contributed by atoms with E-state index in [1.165, 1.54) is 12.4 Å². The molecule has 6 heteroatoms. The smallest absolute Gasteiger partial charge is 0.271 e. The maximum atomic E-state index is 12.0. The van der Waals surface area contributed by atoms with E-state index in [1.807, 2.05) is 0 Å². The van der Waals surface area contributed by atoms with Gasteiger partial charge in [0.15, 0.2) is 0 Å². The van der Waals surface area contributed by atoms with Crippen molar-refractivity contribution in [1.82, 2.24) is 20.6 Å². The lowest BCUT2D eigenvalue weighted by atomic mass is 9.88. The number of amides is 1. The van der Waals surface area contributed by atoms with E-state index in [4.69, 9.17) is 4.74 Å². The van der Waals surface area contributed by atoms with Crippen molar-refractivity contribution in [1.29, 1.82) is 0 Å². The predicted octanol–water partition coefficient (Wildman–Crippen LogP) is 0.117. The summed E-state index contributed by atoms with van der Waals surface area (Å²) in [4.78, 5) is 19.9. The van der Waals surface area contributed by atoms with Crippen molar-refractivity contribution in [2.75, 3.05) is 19.7 Å². The summed E-state index contributed by atoms with van der Waals surface area (Å²) in [7, 11) is 0. The van der Waals surface area contributed by atoms with Crippen molar-refractivity contribution in [3.63, 3.8) is 0 Å². The second-order valence-electron chi connectivity index (χ2n) is 5.21. The van der Waals surface area contributed by atoms with E-state index in [1.54, 1.807) is 6.20 Å². The van der Waals surface area contributed by atoms with Gasteiger partial charge >= 0.3 is 0 Å². The molecular weight excluding hydrogens is 244 g/mol. The first-order chi connectivity index (χ1) is 9.27. The molecule has 0 radical (unpaired) electrons. The third-order valence-electron chi connectivity index (χ3n) is 3.85. The molecule has 3 rings (SSSR count). The van der Waals surface area contributed by atoms with Crippen LogP contribution in [-0.2, 0) is 4.74 Å². The summed E-state index contributed by atoms with van der Waals surface area (Å²) >= 11 is 0. The van der Waals surface area contributed by atoms with Crippen molar-refractivity contribution in [3.05, 3.63) is 24.3 Å². The maximum absolute atomic E-state index is 12.0. The van der Waals surface area contributed by atoms with Gasteiger partial charge < -0.3 is 15.4 Å². The monoisotopic (exact) mass is 262 g/mol. The van der Waals surface area contributed by atoms with Gasteiger partial charge in [-0.1, -0.05) is 0 Å². The van der Waals surface area contributed by atoms with Gasteiger partial charge in [0.25, 0.3) is 5.91 Å². The zero-order valence-electron chi connectivity index (χ0n) is 10.8. The number of rotatable bonds is 2. The molecule has 19 heavy (non-hydrogen) atoms. The highest BCUT2D eigenvalue weighted by molar-refractivity contribution is 5.92. The van der Waals surface area contributed by atoms with Crippen LogP contribution in [0.25, 0.3) is 0 Å². The van der Waals surface area contributed by atoms with Gasteiger partial charge in [-0.3, -0.25) is 9.78 Å². The molecule has 2 saturated heterocycles. The number of aromatic nitrogens is 2. The largest absolute Gasteiger partial charge is 0.373 e. The van der Waals surface area contributed by atoms with Crippen LogP contribution in [0.1, 0.15) is 29.8 Å². The van der Waals surface area contributed by atoms with Crippen LogP contribution in [-0.4, -0.2) is 47.2 Å². The van der Waals surface area contributed by atoms with Gasteiger partial charge in [-0.05, 0) is 32.4 Å². The minimum atomic E-state index is -0.173. The number of nitrogens with zero attached hydrogens (tertiary/aromatic N) is 2. The lowest BCUT2D eigenvalue weighted by molar-refractivity contribution is -0.0194. The first-order valence-corrected chi connectivity index (χ1v) is 6.69. The average Bonchev–Trinajstić information content (AvgIpc) is 2.83. The highest BCUT2D eigenvalue weighted by Crippen LogP contribution is 2.33.